The van der Waals surface area contributed by atoms with E-state index >= 15 is 0 Å². The van der Waals surface area contributed by atoms with Gasteiger partial charge in [0.2, 0.25) is 0 Å². The Morgan fingerprint density at radius 3 is 1.94 bits per heavy atom. The molecule has 172 valence electrons. The number of carbonyl (C=O) groups is 2. The van der Waals surface area contributed by atoms with Gasteiger partial charge in [0.15, 0.2) is 13.2 Å². The van der Waals surface area contributed by atoms with Crippen molar-refractivity contribution in [3.8, 4) is 11.5 Å². The van der Waals surface area contributed by atoms with Crippen molar-refractivity contribution in [3.63, 3.8) is 0 Å². The lowest BCUT2D eigenvalue weighted by Crippen LogP contribution is -2.24. The predicted molar refractivity (Wildman–Crippen MR) is 127 cm³/mol. The molecule has 0 spiro atoms. The minimum Gasteiger partial charge on any atom is -0.489 e. The molecule has 3 aromatic carbocycles. The van der Waals surface area contributed by atoms with E-state index in [1.54, 1.807) is 24.3 Å². The molecule has 1 N–H and O–H groups in total. The summed E-state index contributed by atoms with van der Waals surface area (Å²) in [5.41, 5.74) is 3.98. The number of rotatable bonds is 11. The zero-order valence-electron chi connectivity index (χ0n) is 19.0. The Hall–Kier alpha value is -3.80. The van der Waals surface area contributed by atoms with Crippen LogP contribution in [-0.2, 0) is 33.8 Å². The Morgan fingerprint density at radius 1 is 0.727 bits per heavy atom. The SMILES string of the molecule is CCc1cccc(CC)c1NC(=O)COC(=O)COc1ccc(OCc2ccccc2)cc1. The first kappa shape index (κ1) is 23.9. The molecule has 6 heteroatoms. The van der Waals surface area contributed by atoms with Gasteiger partial charge < -0.3 is 19.5 Å². The summed E-state index contributed by atoms with van der Waals surface area (Å²) in [6, 6.07) is 22.8. The lowest BCUT2D eigenvalue weighted by Gasteiger charge is -2.14. The maximum Gasteiger partial charge on any atom is 0.344 e. The molecule has 33 heavy (non-hydrogen) atoms. The summed E-state index contributed by atoms with van der Waals surface area (Å²) in [5.74, 6) is 0.213. The summed E-state index contributed by atoms with van der Waals surface area (Å²) in [6.45, 7) is 3.88. The first-order valence-electron chi connectivity index (χ1n) is 11.0. The highest BCUT2D eigenvalue weighted by Crippen LogP contribution is 2.22. The molecule has 0 aliphatic rings. The molecule has 0 saturated heterocycles. The van der Waals surface area contributed by atoms with Gasteiger partial charge in [0.05, 0.1) is 0 Å². The van der Waals surface area contributed by atoms with E-state index in [0.717, 1.165) is 35.2 Å². The average Bonchev–Trinajstić information content (AvgIpc) is 2.86. The zero-order chi connectivity index (χ0) is 23.5. The number of carbonyl (C=O) groups excluding carboxylic acids is 2. The lowest BCUT2D eigenvalue weighted by molar-refractivity contribution is -0.149. The van der Waals surface area contributed by atoms with Gasteiger partial charge in [-0.3, -0.25) is 4.79 Å². The Balaban J connectivity index is 1.41. The van der Waals surface area contributed by atoms with Crippen LogP contribution in [0.3, 0.4) is 0 Å². The number of para-hydroxylation sites is 1. The second-order valence-electron chi connectivity index (χ2n) is 7.40. The summed E-state index contributed by atoms with van der Waals surface area (Å²) in [6.07, 6.45) is 1.60. The molecule has 0 bridgehead atoms. The minimum atomic E-state index is -0.617. The van der Waals surface area contributed by atoms with Crippen molar-refractivity contribution in [2.45, 2.75) is 33.3 Å². The molecule has 0 unspecified atom stereocenters. The third-order valence-corrected chi connectivity index (χ3v) is 5.06. The molecule has 3 rings (SSSR count). The number of aryl methyl sites for hydroxylation is 2. The van der Waals surface area contributed by atoms with Gasteiger partial charge in [-0.1, -0.05) is 62.4 Å². The molecule has 1 amide bonds. The van der Waals surface area contributed by atoms with E-state index < -0.39 is 5.97 Å². The maximum absolute atomic E-state index is 12.3. The highest BCUT2D eigenvalue weighted by molar-refractivity contribution is 5.94. The molecule has 3 aromatic rings. The van der Waals surface area contributed by atoms with Crippen LogP contribution in [-0.4, -0.2) is 25.1 Å². The monoisotopic (exact) mass is 447 g/mol. The number of amides is 1. The largest absolute Gasteiger partial charge is 0.489 e. The average molecular weight is 448 g/mol. The van der Waals surface area contributed by atoms with Crippen molar-refractivity contribution >= 4 is 17.6 Å². The lowest BCUT2D eigenvalue weighted by atomic mass is 10.0. The van der Waals surface area contributed by atoms with Gasteiger partial charge in [-0.25, -0.2) is 4.79 Å². The van der Waals surface area contributed by atoms with Crippen LogP contribution in [0.4, 0.5) is 5.69 Å². The molecular formula is C27H29NO5. The molecule has 0 heterocycles. The van der Waals surface area contributed by atoms with Gasteiger partial charge >= 0.3 is 5.97 Å². The summed E-state index contributed by atoms with van der Waals surface area (Å²) >= 11 is 0. The third kappa shape index (κ3) is 7.38. The number of nitrogens with one attached hydrogen (secondary N) is 1. The first-order valence-corrected chi connectivity index (χ1v) is 11.0. The molecule has 0 radical (unpaired) electrons. The number of hydrogen-bond acceptors (Lipinski definition) is 5. The summed E-state index contributed by atoms with van der Waals surface area (Å²) in [5, 5.41) is 2.87. The highest BCUT2D eigenvalue weighted by atomic mass is 16.6. The van der Waals surface area contributed by atoms with Gasteiger partial charge in [0.25, 0.3) is 5.91 Å². The molecule has 0 fully saturated rings. The first-order chi connectivity index (χ1) is 16.1. The third-order valence-electron chi connectivity index (χ3n) is 5.06. The van der Waals surface area contributed by atoms with E-state index in [2.05, 4.69) is 5.32 Å². The molecule has 0 aliphatic heterocycles. The van der Waals surface area contributed by atoms with Crippen molar-refractivity contribution in [1.29, 1.82) is 0 Å². The van der Waals surface area contributed by atoms with Gasteiger partial charge in [-0.05, 0) is 53.8 Å². The van der Waals surface area contributed by atoms with E-state index in [-0.39, 0.29) is 19.1 Å². The standard InChI is InChI=1S/C27H29NO5/c1-3-21-11-8-12-22(4-2)27(21)28-25(29)18-33-26(30)19-32-24-15-13-23(14-16-24)31-17-20-9-6-5-7-10-20/h5-16H,3-4,17-19H2,1-2H3,(H,28,29). The predicted octanol–water partition coefficient (Wildman–Crippen LogP) is 4.95. The number of benzene rings is 3. The van der Waals surface area contributed by atoms with Crippen LogP contribution in [0.5, 0.6) is 11.5 Å². The van der Waals surface area contributed by atoms with Gasteiger partial charge in [-0.2, -0.15) is 0 Å². The fraction of sp³-hybridized carbons (Fsp3) is 0.259. The Kier molecular flexibility index (Phi) is 8.88. The Bertz CT molecular complexity index is 1030. The smallest absolute Gasteiger partial charge is 0.344 e. The van der Waals surface area contributed by atoms with Crippen LogP contribution in [0.2, 0.25) is 0 Å². The summed E-state index contributed by atoms with van der Waals surface area (Å²) in [7, 11) is 0. The van der Waals surface area contributed by atoms with E-state index in [0.29, 0.717) is 18.1 Å². The zero-order valence-corrected chi connectivity index (χ0v) is 19.0. The molecule has 0 atom stereocenters. The van der Waals surface area contributed by atoms with Crippen LogP contribution in [0.25, 0.3) is 0 Å². The Morgan fingerprint density at radius 2 is 1.33 bits per heavy atom. The second-order valence-corrected chi connectivity index (χ2v) is 7.40. The van der Waals surface area contributed by atoms with Crippen molar-refractivity contribution in [2.24, 2.45) is 0 Å². The maximum atomic E-state index is 12.3. The van der Waals surface area contributed by atoms with Crippen molar-refractivity contribution < 1.29 is 23.8 Å². The van der Waals surface area contributed by atoms with Crippen LogP contribution < -0.4 is 14.8 Å². The van der Waals surface area contributed by atoms with E-state index in [1.807, 2.05) is 62.4 Å². The number of hydrogen-bond donors (Lipinski definition) is 1. The molecule has 6 nitrogen and oxygen atoms in total. The van der Waals surface area contributed by atoms with E-state index in [1.165, 1.54) is 0 Å². The van der Waals surface area contributed by atoms with Gasteiger partial charge in [0.1, 0.15) is 18.1 Å². The van der Waals surface area contributed by atoms with Crippen molar-refractivity contribution in [2.75, 3.05) is 18.5 Å². The fourth-order valence-electron chi connectivity index (χ4n) is 3.28. The molecular weight excluding hydrogens is 418 g/mol. The number of ether oxygens (including phenoxy) is 3. The van der Waals surface area contributed by atoms with Crippen molar-refractivity contribution in [3.05, 3.63) is 89.5 Å². The minimum absolute atomic E-state index is 0.288. The van der Waals surface area contributed by atoms with Gasteiger partial charge in [-0.15, -0.1) is 0 Å². The van der Waals surface area contributed by atoms with E-state index in [9.17, 15) is 9.59 Å². The van der Waals surface area contributed by atoms with Gasteiger partial charge in [0, 0.05) is 5.69 Å². The normalized spacial score (nSPS) is 10.4. The van der Waals surface area contributed by atoms with E-state index in [4.69, 9.17) is 14.2 Å². The molecule has 0 aliphatic carbocycles. The van der Waals surface area contributed by atoms with Crippen LogP contribution in [0.15, 0.2) is 72.8 Å². The number of esters is 1. The highest BCUT2D eigenvalue weighted by Gasteiger charge is 2.13. The fourth-order valence-corrected chi connectivity index (χ4v) is 3.28. The molecule has 0 aromatic heterocycles. The topological polar surface area (TPSA) is 73.9 Å². The molecule has 0 saturated carbocycles. The Labute approximate surface area is 194 Å². The van der Waals surface area contributed by atoms with Crippen LogP contribution in [0.1, 0.15) is 30.5 Å². The van der Waals surface area contributed by atoms with Crippen molar-refractivity contribution in [1.82, 2.24) is 0 Å². The quantitative estimate of drug-likeness (QED) is 0.421. The van der Waals surface area contributed by atoms with Crippen LogP contribution in [0, 0.1) is 0 Å². The van der Waals surface area contributed by atoms with Crippen LogP contribution >= 0.6 is 0 Å². The second kappa shape index (κ2) is 12.3. The summed E-state index contributed by atoms with van der Waals surface area (Å²) < 4.78 is 16.2. The number of anilines is 1. The summed E-state index contributed by atoms with van der Waals surface area (Å²) in [4.78, 5) is 24.3.